The molecule has 20 heavy (non-hydrogen) atoms. The van der Waals surface area contributed by atoms with E-state index in [1.54, 1.807) is 25.3 Å². The molecule has 2 aromatic rings. The van der Waals surface area contributed by atoms with Gasteiger partial charge in [-0.1, -0.05) is 11.8 Å². The lowest BCUT2D eigenvalue weighted by atomic mass is 10.2. The lowest BCUT2D eigenvalue weighted by Gasteiger charge is -2.09. The van der Waals surface area contributed by atoms with E-state index in [-0.39, 0.29) is 5.91 Å². The van der Waals surface area contributed by atoms with Gasteiger partial charge in [-0.25, -0.2) is 4.98 Å². The third kappa shape index (κ3) is 3.88. The molecule has 106 valence electrons. The van der Waals surface area contributed by atoms with Crippen LogP contribution in [0, 0.1) is 6.92 Å². The highest BCUT2D eigenvalue weighted by Crippen LogP contribution is 2.25. The molecule has 5 nitrogen and oxygen atoms in total. The first-order chi connectivity index (χ1) is 9.58. The standard InChI is InChI=1S/C13H15N3O2S2/c1-8-6-19-13(15-8)20-7-12(17)16-11-4-3-9(18-2)5-10(11)14/h3-6H,7,14H2,1-2H3,(H,16,17). The Balaban J connectivity index is 1.91. The number of anilines is 2. The van der Waals surface area contributed by atoms with Gasteiger partial charge in [0.25, 0.3) is 0 Å². The summed E-state index contributed by atoms with van der Waals surface area (Å²) in [6.07, 6.45) is 0. The van der Waals surface area contributed by atoms with E-state index in [0.29, 0.717) is 22.9 Å². The molecule has 2 rings (SSSR count). The van der Waals surface area contributed by atoms with Crippen molar-refractivity contribution < 1.29 is 9.53 Å². The maximum absolute atomic E-state index is 11.9. The minimum atomic E-state index is -0.111. The summed E-state index contributed by atoms with van der Waals surface area (Å²) >= 11 is 2.95. The summed E-state index contributed by atoms with van der Waals surface area (Å²) in [6, 6.07) is 5.15. The summed E-state index contributed by atoms with van der Waals surface area (Å²) in [5.41, 5.74) is 7.88. The summed E-state index contributed by atoms with van der Waals surface area (Å²) in [5, 5.41) is 4.74. The maximum atomic E-state index is 11.9. The summed E-state index contributed by atoms with van der Waals surface area (Å²) in [6.45, 7) is 1.93. The molecule has 7 heteroatoms. The molecule has 0 atom stereocenters. The van der Waals surface area contributed by atoms with Crippen molar-refractivity contribution in [2.24, 2.45) is 0 Å². The average Bonchev–Trinajstić information content (AvgIpc) is 2.84. The number of nitrogens with zero attached hydrogens (tertiary/aromatic N) is 1. The van der Waals surface area contributed by atoms with Gasteiger partial charge in [-0.2, -0.15) is 0 Å². The van der Waals surface area contributed by atoms with Crippen LogP contribution in [0.15, 0.2) is 27.9 Å². The molecule has 0 radical (unpaired) electrons. The topological polar surface area (TPSA) is 77.2 Å². The van der Waals surface area contributed by atoms with Gasteiger partial charge >= 0.3 is 0 Å². The molecule has 1 heterocycles. The Labute approximate surface area is 125 Å². The fourth-order valence-corrected chi connectivity index (χ4v) is 3.14. The molecule has 0 saturated heterocycles. The molecule has 1 aromatic carbocycles. The van der Waals surface area contributed by atoms with Crippen molar-refractivity contribution in [3.8, 4) is 5.75 Å². The number of rotatable bonds is 5. The normalized spacial score (nSPS) is 10.3. The molecule has 0 bridgehead atoms. The van der Waals surface area contributed by atoms with Crippen molar-refractivity contribution in [3.05, 3.63) is 29.3 Å². The van der Waals surface area contributed by atoms with Crippen LogP contribution in [0.3, 0.4) is 0 Å². The fraction of sp³-hybridized carbons (Fsp3) is 0.231. The molecular formula is C13H15N3O2S2. The van der Waals surface area contributed by atoms with Crippen molar-refractivity contribution in [1.82, 2.24) is 4.98 Å². The van der Waals surface area contributed by atoms with E-state index in [1.807, 2.05) is 12.3 Å². The third-order valence-electron chi connectivity index (χ3n) is 2.46. The Morgan fingerprint density at radius 2 is 2.35 bits per heavy atom. The zero-order valence-corrected chi connectivity index (χ0v) is 12.8. The molecule has 0 aliphatic carbocycles. The predicted octanol–water partition coefficient (Wildman–Crippen LogP) is 2.77. The minimum absolute atomic E-state index is 0.111. The molecule has 0 unspecified atom stereocenters. The Morgan fingerprint density at radius 3 is 2.95 bits per heavy atom. The first-order valence-corrected chi connectivity index (χ1v) is 7.73. The first kappa shape index (κ1) is 14.7. The zero-order valence-electron chi connectivity index (χ0n) is 11.2. The summed E-state index contributed by atoms with van der Waals surface area (Å²) < 4.78 is 5.95. The van der Waals surface area contributed by atoms with Gasteiger partial charge in [0.15, 0.2) is 4.34 Å². The third-order valence-corrected chi connectivity index (χ3v) is 4.60. The highest BCUT2D eigenvalue weighted by atomic mass is 32.2. The number of carbonyl (C=O) groups is 1. The van der Waals surface area contributed by atoms with Crippen molar-refractivity contribution in [1.29, 1.82) is 0 Å². The Hall–Kier alpha value is -1.73. The zero-order chi connectivity index (χ0) is 14.5. The van der Waals surface area contributed by atoms with Crippen LogP contribution in [0.4, 0.5) is 11.4 Å². The number of aromatic nitrogens is 1. The second-order valence-electron chi connectivity index (χ2n) is 4.04. The number of amides is 1. The van der Waals surface area contributed by atoms with Gasteiger partial charge in [0.1, 0.15) is 5.75 Å². The molecule has 0 saturated carbocycles. The molecule has 0 aliphatic heterocycles. The Morgan fingerprint density at radius 1 is 1.55 bits per heavy atom. The molecular weight excluding hydrogens is 294 g/mol. The minimum Gasteiger partial charge on any atom is -0.497 e. The molecule has 1 aromatic heterocycles. The van der Waals surface area contributed by atoms with Crippen LogP contribution in [0.2, 0.25) is 0 Å². The first-order valence-electron chi connectivity index (χ1n) is 5.87. The number of thiazole rings is 1. The number of benzene rings is 1. The summed E-state index contributed by atoms with van der Waals surface area (Å²) in [4.78, 5) is 16.1. The van der Waals surface area contributed by atoms with Crippen molar-refractivity contribution >= 4 is 40.4 Å². The SMILES string of the molecule is COc1ccc(NC(=O)CSc2nc(C)cs2)c(N)c1. The van der Waals surface area contributed by atoms with E-state index in [2.05, 4.69) is 10.3 Å². The van der Waals surface area contributed by atoms with E-state index >= 15 is 0 Å². The number of nitrogens with two attached hydrogens (primary N) is 1. The van der Waals surface area contributed by atoms with Crippen LogP contribution in [0.1, 0.15) is 5.69 Å². The lowest BCUT2D eigenvalue weighted by molar-refractivity contribution is -0.113. The van der Waals surface area contributed by atoms with Gasteiger partial charge in [-0.15, -0.1) is 11.3 Å². The highest BCUT2D eigenvalue weighted by Gasteiger charge is 2.08. The van der Waals surface area contributed by atoms with Crippen LogP contribution in [0.5, 0.6) is 5.75 Å². The van der Waals surface area contributed by atoms with E-state index in [1.165, 1.54) is 23.1 Å². The van der Waals surface area contributed by atoms with E-state index in [4.69, 9.17) is 10.5 Å². The average molecular weight is 309 g/mol. The van der Waals surface area contributed by atoms with Gasteiger partial charge in [-0.3, -0.25) is 4.79 Å². The number of hydrogen-bond acceptors (Lipinski definition) is 6. The number of hydrogen-bond donors (Lipinski definition) is 2. The van der Waals surface area contributed by atoms with Gasteiger partial charge in [-0.05, 0) is 19.1 Å². The van der Waals surface area contributed by atoms with E-state index < -0.39 is 0 Å². The van der Waals surface area contributed by atoms with Crippen LogP contribution >= 0.6 is 23.1 Å². The maximum Gasteiger partial charge on any atom is 0.234 e. The summed E-state index contributed by atoms with van der Waals surface area (Å²) in [5.74, 6) is 0.853. The number of carbonyl (C=O) groups excluding carboxylic acids is 1. The molecule has 0 aliphatic rings. The van der Waals surface area contributed by atoms with Crippen LogP contribution in [-0.4, -0.2) is 23.8 Å². The van der Waals surface area contributed by atoms with Gasteiger partial charge in [0.05, 0.1) is 24.2 Å². The second kappa shape index (κ2) is 6.62. The number of thioether (sulfide) groups is 1. The molecule has 0 spiro atoms. The smallest absolute Gasteiger partial charge is 0.234 e. The number of nitrogens with one attached hydrogen (secondary N) is 1. The number of methoxy groups -OCH3 is 1. The van der Waals surface area contributed by atoms with Gasteiger partial charge < -0.3 is 15.8 Å². The highest BCUT2D eigenvalue weighted by molar-refractivity contribution is 8.01. The molecule has 0 fully saturated rings. The number of ether oxygens (including phenoxy) is 1. The van der Waals surface area contributed by atoms with E-state index in [9.17, 15) is 4.79 Å². The van der Waals surface area contributed by atoms with Crippen molar-refractivity contribution in [2.75, 3.05) is 23.9 Å². The van der Waals surface area contributed by atoms with Crippen LogP contribution in [-0.2, 0) is 4.79 Å². The summed E-state index contributed by atoms with van der Waals surface area (Å²) in [7, 11) is 1.57. The van der Waals surface area contributed by atoms with Crippen LogP contribution in [0.25, 0.3) is 0 Å². The van der Waals surface area contributed by atoms with Crippen molar-refractivity contribution in [2.45, 2.75) is 11.3 Å². The van der Waals surface area contributed by atoms with Crippen LogP contribution < -0.4 is 15.8 Å². The Bertz CT molecular complexity index is 613. The van der Waals surface area contributed by atoms with Gasteiger partial charge in [0.2, 0.25) is 5.91 Å². The largest absolute Gasteiger partial charge is 0.497 e. The predicted molar refractivity (Wildman–Crippen MR) is 83.6 cm³/mol. The molecule has 3 N–H and O–H groups in total. The Kier molecular flexibility index (Phi) is 4.86. The number of nitrogen functional groups attached to an aromatic ring is 1. The fourth-order valence-electron chi connectivity index (χ4n) is 1.49. The second-order valence-corrected chi connectivity index (χ2v) is 6.13. The van der Waals surface area contributed by atoms with Gasteiger partial charge in [0, 0.05) is 17.1 Å². The van der Waals surface area contributed by atoms with Crippen molar-refractivity contribution in [3.63, 3.8) is 0 Å². The molecule has 1 amide bonds. The number of aryl methyl sites for hydroxylation is 1. The lowest BCUT2D eigenvalue weighted by Crippen LogP contribution is -2.15. The quantitative estimate of drug-likeness (QED) is 0.656. The monoisotopic (exact) mass is 309 g/mol. The van der Waals surface area contributed by atoms with E-state index in [0.717, 1.165) is 10.0 Å².